The molecule has 0 atom stereocenters. The molecule has 0 saturated carbocycles. The number of aromatic nitrogens is 3. The summed E-state index contributed by atoms with van der Waals surface area (Å²) in [6, 6.07) is 10.6. The Morgan fingerprint density at radius 1 is 1.19 bits per heavy atom. The third-order valence-corrected chi connectivity index (χ3v) is 6.67. The van der Waals surface area contributed by atoms with Crippen molar-refractivity contribution in [2.75, 3.05) is 14.1 Å². The van der Waals surface area contributed by atoms with Crippen LogP contribution in [0.25, 0.3) is 11.6 Å². The molecule has 3 aromatic rings. The highest BCUT2D eigenvalue weighted by Crippen LogP contribution is 2.27. The maximum absolute atomic E-state index is 12.3. The van der Waals surface area contributed by atoms with E-state index in [0.29, 0.717) is 23.9 Å². The summed E-state index contributed by atoms with van der Waals surface area (Å²) >= 11 is 1.51. The molecule has 0 N–H and O–H groups in total. The van der Waals surface area contributed by atoms with Crippen LogP contribution in [-0.4, -0.2) is 41.6 Å². The monoisotopic (exact) mass is 392 g/mol. The Balaban J connectivity index is 1.80. The predicted octanol–water partition coefficient (Wildman–Crippen LogP) is 3.10. The minimum atomic E-state index is -3.44. The molecule has 0 aliphatic rings. The first-order chi connectivity index (χ1) is 12.4. The first-order valence-electron chi connectivity index (χ1n) is 8.05. The van der Waals surface area contributed by atoms with Gasteiger partial charge in [-0.2, -0.15) is 0 Å². The molecule has 9 heteroatoms. The third kappa shape index (κ3) is 3.69. The fourth-order valence-electron chi connectivity index (χ4n) is 2.42. The quantitative estimate of drug-likeness (QED) is 0.575. The molecule has 7 nitrogen and oxygen atoms in total. The van der Waals surface area contributed by atoms with Crippen LogP contribution in [0.2, 0.25) is 0 Å². The fourth-order valence-corrected chi connectivity index (χ4v) is 4.34. The van der Waals surface area contributed by atoms with E-state index in [4.69, 9.17) is 4.42 Å². The average molecular weight is 393 g/mol. The second-order valence-electron chi connectivity index (χ2n) is 5.75. The zero-order valence-corrected chi connectivity index (χ0v) is 16.4. The summed E-state index contributed by atoms with van der Waals surface area (Å²) < 4.78 is 33.1. The van der Waals surface area contributed by atoms with Crippen LogP contribution in [0.3, 0.4) is 0 Å². The summed E-state index contributed by atoms with van der Waals surface area (Å²) in [5, 5.41) is 9.23. The number of hydrogen-bond donors (Lipinski definition) is 0. The van der Waals surface area contributed by atoms with Gasteiger partial charge >= 0.3 is 0 Å². The number of sulfonamides is 1. The van der Waals surface area contributed by atoms with E-state index in [-0.39, 0.29) is 4.90 Å². The summed E-state index contributed by atoms with van der Waals surface area (Å²) in [6.45, 7) is 2.73. The van der Waals surface area contributed by atoms with Crippen molar-refractivity contribution in [1.29, 1.82) is 0 Å². The largest absolute Gasteiger partial charge is 0.461 e. The van der Waals surface area contributed by atoms with Gasteiger partial charge in [0.25, 0.3) is 0 Å². The Kier molecular flexibility index (Phi) is 5.49. The molecule has 0 amide bonds. The Morgan fingerprint density at radius 2 is 2.00 bits per heavy atom. The smallest absolute Gasteiger partial charge is 0.242 e. The minimum absolute atomic E-state index is 0.286. The van der Waals surface area contributed by atoms with Crippen molar-refractivity contribution < 1.29 is 12.8 Å². The third-order valence-electron chi connectivity index (χ3n) is 3.82. The van der Waals surface area contributed by atoms with Crippen molar-refractivity contribution >= 4 is 21.8 Å². The van der Waals surface area contributed by atoms with Crippen LogP contribution in [0, 0.1) is 0 Å². The SMILES string of the molecule is CCn1c(SCc2cccc(S(=O)(=O)N(C)C)c2)nnc1-c1ccco1. The maximum Gasteiger partial charge on any atom is 0.242 e. The van der Waals surface area contributed by atoms with Crippen molar-refractivity contribution in [1.82, 2.24) is 19.1 Å². The van der Waals surface area contributed by atoms with Gasteiger partial charge in [0.1, 0.15) is 0 Å². The molecule has 0 bridgehead atoms. The van der Waals surface area contributed by atoms with Crippen molar-refractivity contribution in [3.05, 3.63) is 48.2 Å². The van der Waals surface area contributed by atoms with E-state index in [9.17, 15) is 8.42 Å². The molecule has 0 aliphatic carbocycles. The van der Waals surface area contributed by atoms with E-state index in [1.165, 1.54) is 30.2 Å². The summed E-state index contributed by atoms with van der Waals surface area (Å²) in [4.78, 5) is 0.286. The fraction of sp³-hybridized carbons (Fsp3) is 0.294. The molecule has 2 heterocycles. The molecule has 0 spiro atoms. The van der Waals surface area contributed by atoms with E-state index in [0.717, 1.165) is 10.7 Å². The van der Waals surface area contributed by atoms with Crippen molar-refractivity contribution in [2.24, 2.45) is 0 Å². The van der Waals surface area contributed by atoms with Gasteiger partial charge in [0.15, 0.2) is 16.7 Å². The summed E-state index contributed by atoms with van der Waals surface area (Å²) in [5.74, 6) is 1.95. The minimum Gasteiger partial charge on any atom is -0.461 e. The van der Waals surface area contributed by atoms with Crippen LogP contribution in [0.5, 0.6) is 0 Å². The zero-order valence-electron chi connectivity index (χ0n) is 14.8. The number of rotatable bonds is 7. The van der Waals surface area contributed by atoms with Crippen molar-refractivity contribution in [3.8, 4) is 11.6 Å². The molecule has 26 heavy (non-hydrogen) atoms. The summed E-state index contributed by atoms with van der Waals surface area (Å²) in [6.07, 6.45) is 1.60. The van der Waals surface area contributed by atoms with Gasteiger partial charge in [-0.3, -0.25) is 4.57 Å². The van der Waals surface area contributed by atoms with E-state index >= 15 is 0 Å². The molecule has 0 unspecified atom stereocenters. The second-order valence-corrected chi connectivity index (χ2v) is 8.85. The van der Waals surface area contributed by atoms with Crippen LogP contribution < -0.4 is 0 Å². The summed E-state index contributed by atoms with van der Waals surface area (Å²) in [5.41, 5.74) is 0.906. The number of benzene rings is 1. The first-order valence-corrected chi connectivity index (χ1v) is 10.5. The molecular formula is C17H20N4O3S2. The Bertz CT molecular complexity index is 979. The highest BCUT2D eigenvalue weighted by molar-refractivity contribution is 7.98. The molecule has 0 fully saturated rings. The lowest BCUT2D eigenvalue weighted by Crippen LogP contribution is -2.22. The molecule has 0 radical (unpaired) electrons. The molecule has 0 saturated heterocycles. The van der Waals surface area contributed by atoms with E-state index in [1.54, 1.807) is 24.5 Å². The standard InChI is InChI=1S/C17H20N4O3S2/c1-4-21-16(15-9-6-10-24-15)18-19-17(21)25-12-13-7-5-8-14(11-13)26(22,23)20(2)3/h5-11H,4,12H2,1-3H3. The lowest BCUT2D eigenvalue weighted by atomic mass is 10.2. The zero-order chi connectivity index (χ0) is 18.7. The highest BCUT2D eigenvalue weighted by Gasteiger charge is 2.18. The highest BCUT2D eigenvalue weighted by atomic mass is 32.2. The normalized spacial score (nSPS) is 12.0. The lowest BCUT2D eigenvalue weighted by Gasteiger charge is -2.12. The summed E-state index contributed by atoms with van der Waals surface area (Å²) in [7, 11) is -0.393. The van der Waals surface area contributed by atoms with Crippen LogP contribution >= 0.6 is 11.8 Å². The van der Waals surface area contributed by atoms with E-state index in [1.807, 2.05) is 29.7 Å². The van der Waals surface area contributed by atoms with Crippen molar-refractivity contribution in [2.45, 2.75) is 29.3 Å². The average Bonchev–Trinajstić information content (AvgIpc) is 3.29. The van der Waals surface area contributed by atoms with Crippen molar-refractivity contribution in [3.63, 3.8) is 0 Å². The van der Waals surface area contributed by atoms with Gasteiger partial charge in [-0.05, 0) is 36.8 Å². The number of thioether (sulfide) groups is 1. The topological polar surface area (TPSA) is 81.2 Å². The van der Waals surface area contributed by atoms with Gasteiger partial charge in [0.05, 0.1) is 11.2 Å². The Labute approximate surface area is 157 Å². The van der Waals surface area contributed by atoms with Crippen LogP contribution in [0.15, 0.2) is 57.1 Å². The first kappa shape index (κ1) is 18.7. The van der Waals surface area contributed by atoms with Gasteiger partial charge in [0, 0.05) is 26.4 Å². The maximum atomic E-state index is 12.3. The Hall–Kier alpha value is -2.10. The van der Waals surface area contributed by atoms with Gasteiger partial charge in [-0.15, -0.1) is 10.2 Å². The predicted molar refractivity (Wildman–Crippen MR) is 100 cm³/mol. The number of nitrogens with zero attached hydrogens (tertiary/aromatic N) is 4. The molecule has 138 valence electrons. The van der Waals surface area contributed by atoms with Crippen LogP contribution in [0.4, 0.5) is 0 Å². The lowest BCUT2D eigenvalue weighted by molar-refractivity contribution is 0.520. The van der Waals surface area contributed by atoms with Gasteiger partial charge in [-0.25, -0.2) is 12.7 Å². The van der Waals surface area contributed by atoms with E-state index < -0.39 is 10.0 Å². The molecule has 2 aromatic heterocycles. The molecule has 3 rings (SSSR count). The molecule has 1 aromatic carbocycles. The molecular weight excluding hydrogens is 372 g/mol. The van der Waals surface area contributed by atoms with Crippen LogP contribution in [-0.2, 0) is 22.3 Å². The molecule has 0 aliphatic heterocycles. The van der Waals surface area contributed by atoms with Gasteiger partial charge < -0.3 is 4.42 Å². The Morgan fingerprint density at radius 3 is 2.65 bits per heavy atom. The number of furan rings is 1. The second kappa shape index (κ2) is 7.65. The number of hydrogen-bond acceptors (Lipinski definition) is 6. The van der Waals surface area contributed by atoms with Gasteiger partial charge in [-0.1, -0.05) is 23.9 Å². The van der Waals surface area contributed by atoms with Gasteiger partial charge in [0.2, 0.25) is 10.0 Å². The van der Waals surface area contributed by atoms with Crippen LogP contribution in [0.1, 0.15) is 12.5 Å². The van der Waals surface area contributed by atoms with E-state index in [2.05, 4.69) is 10.2 Å².